The Morgan fingerprint density at radius 1 is 1.58 bits per heavy atom. The van der Waals surface area contributed by atoms with Crippen LogP contribution in [0.2, 0.25) is 0 Å². The number of hydrogen-bond donors (Lipinski definition) is 2. The Morgan fingerprint density at radius 3 is 3.05 bits per heavy atom. The Kier molecular flexibility index (Phi) is 4.04. The average molecular weight is 262 g/mol. The second kappa shape index (κ2) is 5.57. The molecule has 0 radical (unpaired) electrons. The standard InChI is InChI=1S/C14H22N4O/c1-4-16-13(19)12-9-11(5-6-17-12)18-8-7-15-10-14(18,2)3/h5-6,9,15H,4,7-8,10H2,1-3H3,(H,16,19). The molecule has 0 bridgehead atoms. The maximum atomic E-state index is 11.8. The van der Waals surface area contributed by atoms with Crippen LogP contribution in [-0.2, 0) is 0 Å². The van der Waals surface area contributed by atoms with Gasteiger partial charge in [0.1, 0.15) is 5.69 Å². The summed E-state index contributed by atoms with van der Waals surface area (Å²) in [6.07, 6.45) is 1.71. The van der Waals surface area contributed by atoms with E-state index in [9.17, 15) is 4.79 Å². The van der Waals surface area contributed by atoms with E-state index in [0.29, 0.717) is 12.2 Å². The normalized spacial score (nSPS) is 18.2. The number of anilines is 1. The summed E-state index contributed by atoms with van der Waals surface area (Å²) in [5.74, 6) is -0.114. The third kappa shape index (κ3) is 3.04. The van der Waals surface area contributed by atoms with E-state index >= 15 is 0 Å². The molecule has 1 aromatic rings. The van der Waals surface area contributed by atoms with Crippen molar-refractivity contribution in [1.29, 1.82) is 0 Å². The number of aromatic nitrogens is 1. The number of piperazine rings is 1. The lowest BCUT2D eigenvalue weighted by Crippen LogP contribution is -2.58. The van der Waals surface area contributed by atoms with Crippen LogP contribution in [0.3, 0.4) is 0 Å². The molecule has 2 rings (SSSR count). The minimum atomic E-state index is -0.114. The summed E-state index contributed by atoms with van der Waals surface area (Å²) in [7, 11) is 0. The number of hydrogen-bond acceptors (Lipinski definition) is 4. The fraction of sp³-hybridized carbons (Fsp3) is 0.571. The van der Waals surface area contributed by atoms with Gasteiger partial charge in [0.15, 0.2) is 0 Å². The molecule has 1 aromatic heterocycles. The molecule has 1 saturated heterocycles. The molecule has 0 atom stereocenters. The lowest BCUT2D eigenvalue weighted by atomic mass is 9.99. The third-order valence-corrected chi connectivity index (χ3v) is 3.43. The molecule has 2 heterocycles. The van der Waals surface area contributed by atoms with Gasteiger partial charge in [-0.2, -0.15) is 0 Å². The van der Waals surface area contributed by atoms with E-state index in [-0.39, 0.29) is 11.4 Å². The first-order chi connectivity index (χ1) is 9.04. The summed E-state index contributed by atoms with van der Waals surface area (Å²) < 4.78 is 0. The third-order valence-electron chi connectivity index (χ3n) is 3.43. The van der Waals surface area contributed by atoms with Crippen LogP contribution in [0.25, 0.3) is 0 Å². The fourth-order valence-electron chi connectivity index (χ4n) is 2.42. The molecule has 0 unspecified atom stereocenters. The van der Waals surface area contributed by atoms with E-state index in [1.165, 1.54) is 0 Å². The highest BCUT2D eigenvalue weighted by Crippen LogP contribution is 2.25. The maximum Gasteiger partial charge on any atom is 0.269 e. The van der Waals surface area contributed by atoms with E-state index in [1.54, 1.807) is 6.20 Å². The minimum absolute atomic E-state index is 0.0398. The Labute approximate surface area is 114 Å². The zero-order valence-corrected chi connectivity index (χ0v) is 11.9. The number of amides is 1. The van der Waals surface area contributed by atoms with Gasteiger partial charge in [-0.3, -0.25) is 9.78 Å². The second-order valence-corrected chi connectivity index (χ2v) is 5.40. The monoisotopic (exact) mass is 262 g/mol. The van der Waals surface area contributed by atoms with E-state index < -0.39 is 0 Å². The summed E-state index contributed by atoms with van der Waals surface area (Å²) in [5.41, 5.74) is 1.58. The van der Waals surface area contributed by atoms with Gasteiger partial charge in [-0.15, -0.1) is 0 Å². The maximum absolute atomic E-state index is 11.8. The molecule has 104 valence electrons. The van der Waals surface area contributed by atoms with Gasteiger partial charge in [-0.25, -0.2) is 0 Å². The number of nitrogens with zero attached hydrogens (tertiary/aromatic N) is 2. The Morgan fingerprint density at radius 2 is 2.37 bits per heavy atom. The molecule has 0 aromatic carbocycles. The summed E-state index contributed by atoms with van der Waals surface area (Å²) in [5, 5.41) is 6.18. The summed E-state index contributed by atoms with van der Waals surface area (Å²) >= 11 is 0. The van der Waals surface area contributed by atoms with Gasteiger partial charge in [-0.05, 0) is 32.9 Å². The van der Waals surface area contributed by atoms with Crippen molar-refractivity contribution in [2.45, 2.75) is 26.3 Å². The van der Waals surface area contributed by atoms with Crippen molar-refractivity contribution < 1.29 is 4.79 Å². The zero-order valence-electron chi connectivity index (χ0n) is 11.9. The first-order valence-corrected chi connectivity index (χ1v) is 6.77. The van der Waals surface area contributed by atoms with E-state index in [2.05, 4.69) is 34.4 Å². The molecule has 0 aliphatic carbocycles. The number of rotatable bonds is 3. The van der Waals surface area contributed by atoms with Gasteiger partial charge >= 0.3 is 0 Å². The Bertz CT molecular complexity index is 459. The van der Waals surface area contributed by atoms with Crippen molar-refractivity contribution in [3.63, 3.8) is 0 Å². The van der Waals surface area contributed by atoms with E-state index in [0.717, 1.165) is 25.3 Å². The van der Waals surface area contributed by atoms with Crippen LogP contribution < -0.4 is 15.5 Å². The quantitative estimate of drug-likeness (QED) is 0.854. The lowest BCUT2D eigenvalue weighted by molar-refractivity contribution is 0.0951. The SMILES string of the molecule is CCNC(=O)c1cc(N2CCNCC2(C)C)ccn1. The molecule has 1 aliphatic heterocycles. The number of pyridine rings is 1. The van der Waals surface area contributed by atoms with Crippen molar-refractivity contribution in [2.75, 3.05) is 31.1 Å². The van der Waals surface area contributed by atoms with Crippen molar-refractivity contribution in [3.8, 4) is 0 Å². The molecule has 0 spiro atoms. The van der Waals surface area contributed by atoms with Crippen LogP contribution in [0.5, 0.6) is 0 Å². The van der Waals surface area contributed by atoms with Crippen LogP contribution in [0.15, 0.2) is 18.3 Å². The van der Waals surface area contributed by atoms with E-state index in [4.69, 9.17) is 0 Å². The highest BCUT2D eigenvalue weighted by Gasteiger charge is 2.30. The van der Waals surface area contributed by atoms with Gasteiger partial charge in [0.05, 0.1) is 0 Å². The molecule has 0 saturated carbocycles. The predicted molar refractivity (Wildman–Crippen MR) is 76.5 cm³/mol. The topological polar surface area (TPSA) is 57.3 Å². The molecular formula is C14H22N4O. The van der Waals surface area contributed by atoms with Crippen molar-refractivity contribution in [3.05, 3.63) is 24.0 Å². The van der Waals surface area contributed by atoms with Crippen LogP contribution in [0.4, 0.5) is 5.69 Å². The zero-order chi connectivity index (χ0) is 13.9. The molecule has 1 amide bonds. The predicted octanol–water partition coefficient (Wildman–Crippen LogP) is 1.02. The minimum Gasteiger partial charge on any atom is -0.364 e. The summed E-state index contributed by atoms with van der Waals surface area (Å²) in [6.45, 7) is 9.75. The van der Waals surface area contributed by atoms with Crippen LogP contribution in [0.1, 0.15) is 31.3 Å². The van der Waals surface area contributed by atoms with E-state index in [1.807, 2.05) is 19.1 Å². The fourth-order valence-corrected chi connectivity index (χ4v) is 2.42. The summed E-state index contributed by atoms with van der Waals surface area (Å²) in [4.78, 5) is 18.3. The van der Waals surface area contributed by atoms with Crippen molar-refractivity contribution in [2.24, 2.45) is 0 Å². The molecule has 5 heteroatoms. The summed E-state index contributed by atoms with van der Waals surface area (Å²) in [6, 6.07) is 3.84. The van der Waals surface area contributed by atoms with Crippen LogP contribution in [0, 0.1) is 0 Å². The van der Waals surface area contributed by atoms with Crippen LogP contribution >= 0.6 is 0 Å². The first kappa shape index (κ1) is 13.8. The molecular weight excluding hydrogens is 240 g/mol. The van der Waals surface area contributed by atoms with Gasteiger partial charge < -0.3 is 15.5 Å². The molecule has 1 fully saturated rings. The Hall–Kier alpha value is -1.62. The highest BCUT2D eigenvalue weighted by atomic mass is 16.1. The molecule has 5 nitrogen and oxygen atoms in total. The lowest BCUT2D eigenvalue weighted by Gasteiger charge is -2.44. The number of carbonyl (C=O) groups excluding carboxylic acids is 1. The smallest absolute Gasteiger partial charge is 0.269 e. The van der Waals surface area contributed by atoms with Crippen molar-refractivity contribution >= 4 is 11.6 Å². The van der Waals surface area contributed by atoms with Crippen LogP contribution in [-0.4, -0.2) is 42.6 Å². The second-order valence-electron chi connectivity index (χ2n) is 5.40. The van der Waals surface area contributed by atoms with Gasteiger partial charge in [-0.1, -0.05) is 0 Å². The van der Waals surface area contributed by atoms with Gasteiger partial charge in [0.25, 0.3) is 5.91 Å². The highest BCUT2D eigenvalue weighted by molar-refractivity contribution is 5.93. The largest absolute Gasteiger partial charge is 0.364 e. The molecule has 2 N–H and O–H groups in total. The number of nitrogens with one attached hydrogen (secondary N) is 2. The number of carbonyl (C=O) groups is 1. The first-order valence-electron chi connectivity index (χ1n) is 6.77. The molecule has 1 aliphatic rings. The van der Waals surface area contributed by atoms with Gasteiger partial charge in [0.2, 0.25) is 0 Å². The Balaban J connectivity index is 2.25. The molecule has 19 heavy (non-hydrogen) atoms. The van der Waals surface area contributed by atoms with Crippen molar-refractivity contribution in [1.82, 2.24) is 15.6 Å². The van der Waals surface area contributed by atoms with Gasteiger partial charge in [0, 0.05) is 43.6 Å². The average Bonchev–Trinajstić information content (AvgIpc) is 2.38.